The molecule has 1 fully saturated rings. The Morgan fingerprint density at radius 2 is 1.90 bits per heavy atom. The minimum atomic E-state index is -1.97. The Morgan fingerprint density at radius 3 is 2.48 bits per heavy atom. The molecule has 21 heavy (non-hydrogen) atoms. The molecule has 1 aliphatic heterocycles. The van der Waals surface area contributed by atoms with Gasteiger partial charge in [-0.1, -0.05) is 20.8 Å². The Labute approximate surface area is 129 Å². The van der Waals surface area contributed by atoms with Crippen molar-refractivity contribution in [2.24, 2.45) is 0 Å². The molecule has 0 N–H and O–H groups in total. The molecule has 0 aromatic carbocycles. The van der Waals surface area contributed by atoms with E-state index in [-0.39, 0.29) is 29.1 Å². The Balaban J connectivity index is 2.23. The monoisotopic (exact) mass is 312 g/mol. The summed E-state index contributed by atoms with van der Waals surface area (Å²) in [4.78, 5) is 12.0. The number of rotatable bonds is 2. The highest BCUT2D eigenvalue weighted by Gasteiger charge is 2.49. The van der Waals surface area contributed by atoms with Gasteiger partial charge in [0.1, 0.15) is 12.2 Å². The first-order valence-corrected chi connectivity index (χ1v) is 10.6. The highest BCUT2D eigenvalue weighted by Crippen LogP contribution is 2.41. The van der Waals surface area contributed by atoms with Crippen LogP contribution in [0.4, 0.5) is 0 Å². The first kappa shape index (κ1) is 16.9. The molecule has 3 atom stereocenters. The molecule has 0 unspecified atom stereocenters. The fraction of sp³-hybridized carbons (Fsp3) is 0.812. The van der Waals surface area contributed by atoms with Crippen LogP contribution in [-0.2, 0) is 18.7 Å². The molecule has 0 radical (unpaired) electrons. The summed E-state index contributed by atoms with van der Waals surface area (Å²) in [6.45, 7) is 14.8. The lowest BCUT2D eigenvalue weighted by molar-refractivity contribution is -0.154. The van der Waals surface area contributed by atoms with Gasteiger partial charge in [0, 0.05) is 6.42 Å². The van der Waals surface area contributed by atoms with Crippen molar-refractivity contribution in [3.8, 4) is 0 Å². The second-order valence-electron chi connectivity index (χ2n) is 8.01. The van der Waals surface area contributed by atoms with Gasteiger partial charge in [-0.2, -0.15) is 0 Å². The van der Waals surface area contributed by atoms with E-state index in [4.69, 9.17) is 13.9 Å². The smallest absolute Gasteiger partial charge is 0.192 e. The Hall–Kier alpha value is -0.493. The van der Waals surface area contributed by atoms with E-state index in [0.29, 0.717) is 6.42 Å². The van der Waals surface area contributed by atoms with Gasteiger partial charge < -0.3 is 13.9 Å². The minimum absolute atomic E-state index is 0.0816. The maximum absolute atomic E-state index is 12.0. The van der Waals surface area contributed by atoms with Gasteiger partial charge in [0.25, 0.3) is 0 Å². The largest absolute Gasteiger partial charge is 0.411 e. The van der Waals surface area contributed by atoms with Crippen LogP contribution in [-0.4, -0.2) is 38.2 Å². The number of carbonyl (C=O) groups excluding carboxylic acids is 1. The number of hydrogen-bond acceptors (Lipinski definition) is 4. The average Bonchev–Trinajstić information content (AvgIpc) is 2.52. The van der Waals surface area contributed by atoms with Crippen LogP contribution in [0.1, 0.15) is 41.0 Å². The van der Waals surface area contributed by atoms with Gasteiger partial charge in [-0.05, 0) is 44.1 Å². The molecule has 1 heterocycles. The van der Waals surface area contributed by atoms with Crippen molar-refractivity contribution >= 4 is 14.1 Å². The zero-order valence-electron chi connectivity index (χ0n) is 14.2. The fourth-order valence-electron chi connectivity index (χ4n) is 2.50. The zero-order chi connectivity index (χ0) is 16.1. The quantitative estimate of drug-likeness (QED) is 0.733. The van der Waals surface area contributed by atoms with E-state index >= 15 is 0 Å². The van der Waals surface area contributed by atoms with Gasteiger partial charge in [-0.25, -0.2) is 0 Å². The van der Waals surface area contributed by atoms with Crippen molar-refractivity contribution in [3.05, 3.63) is 12.2 Å². The summed E-state index contributed by atoms with van der Waals surface area (Å²) >= 11 is 0. The lowest BCUT2D eigenvalue weighted by Crippen LogP contribution is -2.49. The maximum atomic E-state index is 12.0. The SMILES string of the molecule is CC1(C)O[C@@H]2[C@@H](C=CC(=O)C[C@H]2O[Si](C)(C)C(C)(C)C)O1. The average molecular weight is 312 g/mol. The third-order valence-corrected chi connectivity index (χ3v) is 9.16. The predicted octanol–water partition coefficient (Wildman–Crippen LogP) is 3.43. The van der Waals surface area contributed by atoms with E-state index in [0.717, 1.165) is 0 Å². The molecule has 1 aliphatic carbocycles. The third kappa shape index (κ3) is 3.64. The second kappa shape index (κ2) is 5.30. The normalized spacial score (nSPS) is 32.9. The number of ether oxygens (including phenoxy) is 2. The molecule has 0 aromatic heterocycles. The fourth-order valence-corrected chi connectivity index (χ4v) is 3.83. The van der Waals surface area contributed by atoms with Gasteiger partial charge in [0.2, 0.25) is 0 Å². The van der Waals surface area contributed by atoms with Gasteiger partial charge in [0.15, 0.2) is 19.9 Å². The number of carbonyl (C=O) groups is 1. The Kier molecular flexibility index (Phi) is 4.26. The third-order valence-electron chi connectivity index (χ3n) is 4.66. The highest BCUT2D eigenvalue weighted by atomic mass is 28.4. The summed E-state index contributed by atoms with van der Waals surface area (Å²) in [5.41, 5.74) is 0. The standard InChI is InChI=1S/C16H28O4Si/c1-15(2,3)21(6,7)20-13-10-11(17)8-9-12-14(13)19-16(4,5)18-12/h8-9,12-14H,10H2,1-7H3/t12-,13-,14-/m1/s1. The second-order valence-corrected chi connectivity index (χ2v) is 12.8. The molecule has 0 spiro atoms. The van der Waals surface area contributed by atoms with Crippen LogP contribution < -0.4 is 0 Å². The Bertz CT molecular complexity index is 448. The van der Waals surface area contributed by atoms with Crippen LogP contribution in [0.2, 0.25) is 18.1 Å². The van der Waals surface area contributed by atoms with Crippen LogP contribution in [0.5, 0.6) is 0 Å². The molecule has 1 saturated heterocycles. The Morgan fingerprint density at radius 1 is 1.29 bits per heavy atom. The molecule has 4 nitrogen and oxygen atoms in total. The van der Waals surface area contributed by atoms with Crippen LogP contribution >= 0.6 is 0 Å². The van der Waals surface area contributed by atoms with E-state index in [1.165, 1.54) is 0 Å². The van der Waals surface area contributed by atoms with Crippen LogP contribution in [0.25, 0.3) is 0 Å². The predicted molar refractivity (Wildman–Crippen MR) is 84.7 cm³/mol. The first-order valence-electron chi connectivity index (χ1n) is 7.66. The summed E-state index contributed by atoms with van der Waals surface area (Å²) in [7, 11) is -1.97. The van der Waals surface area contributed by atoms with Crippen molar-refractivity contribution < 1.29 is 18.7 Å². The van der Waals surface area contributed by atoms with Crippen molar-refractivity contribution in [1.82, 2.24) is 0 Å². The number of fused-ring (bicyclic) bond motifs is 1. The summed E-state index contributed by atoms with van der Waals surface area (Å²) < 4.78 is 18.4. The molecular weight excluding hydrogens is 284 g/mol. The summed E-state index contributed by atoms with van der Waals surface area (Å²) in [5.74, 6) is -0.548. The molecule has 0 aromatic rings. The van der Waals surface area contributed by atoms with Crippen molar-refractivity contribution in [3.63, 3.8) is 0 Å². The van der Waals surface area contributed by atoms with Gasteiger partial charge in [0.05, 0.1) is 6.10 Å². The van der Waals surface area contributed by atoms with Crippen molar-refractivity contribution in [2.75, 3.05) is 0 Å². The van der Waals surface area contributed by atoms with Gasteiger partial charge in [-0.15, -0.1) is 0 Å². The summed E-state index contributed by atoms with van der Waals surface area (Å²) in [6, 6.07) is 0. The van der Waals surface area contributed by atoms with E-state index in [2.05, 4.69) is 33.9 Å². The molecular formula is C16H28O4Si. The van der Waals surface area contributed by atoms with Gasteiger partial charge >= 0.3 is 0 Å². The van der Waals surface area contributed by atoms with Gasteiger partial charge in [-0.3, -0.25) is 4.79 Å². The van der Waals surface area contributed by atoms with Crippen LogP contribution in [0.15, 0.2) is 12.2 Å². The van der Waals surface area contributed by atoms with E-state index in [1.54, 1.807) is 6.08 Å². The lowest BCUT2D eigenvalue weighted by atomic mass is 10.1. The molecule has 120 valence electrons. The van der Waals surface area contributed by atoms with E-state index in [1.807, 2.05) is 19.9 Å². The topological polar surface area (TPSA) is 44.8 Å². The molecule has 0 amide bonds. The molecule has 2 rings (SSSR count). The number of ketones is 1. The van der Waals surface area contributed by atoms with Crippen LogP contribution in [0, 0.1) is 0 Å². The maximum Gasteiger partial charge on any atom is 0.192 e. The molecule has 0 bridgehead atoms. The number of allylic oxidation sites excluding steroid dienone is 1. The minimum Gasteiger partial charge on any atom is -0.411 e. The molecule has 5 heteroatoms. The van der Waals surface area contributed by atoms with Crippen LogP contribution in [0.3, 0.4) is 0 Å². The highest BCUT2D eigenvalue weighted by molar-refractivity contribution is 6.74. The molecule has 0 saturated carbocycles. The van der Waals surface area contributed by atoms with E-state index in [9.17, 15) is 4.79 Å². The molecule has 2 aliphatic rings. The van der Waals surface area contributed by atoms with E-state index < -0.39 is 14.1 Å². The summed E-state index contributed by atoms with van der Waals surface area (Å²) in [5, 5.41) is 0.0975. The summed E-state index contributed by atoms with van der Waals surface area (Å²) in [6.07, 6.45) is 3.14. The zero-order valence-corrected chi connectivity index (χ0v) is 15.2. The first-order chi connectivity index (χ1) is 9.41. The van der Waals surface area contributed by atoms with Crippen molar-refractivity contribution in [2.45, 2.75) is 83.3 Å². The van der Waals surface area contributed by atoms with Crippen molar-refractivity contribution in [1.29, 1.82) is 0 Å². The number of hydrogen-bond donors (Lipinski definition) is 0. The lowest BCUT2D eigenvalue weighted by Gasteiger charge is -2.40.